The molecule has 0 aliphatic carbocycles. The molecule has 2 aromatic heterocycles. The van der Waals surface area contributed by atoms with Crippen LogP contribution < -0.4 is 11.1 Å². The van der Waals surface area contributed by atoms with E-state index < -0.39 is 5.41 Å². The number of anilines is 1. The molecule has 3 aromatic rings. The summed E-state index contributed by atoms with van der Waals surface area (Å²) < 4.78 is 2.32. The zero-order chi connectivity index (χ0) is 28.1. The van der Waals surface area contributed by atoms with Gasteiger partial charge in [-0.2, -0.15) is 5.26 Å². The molecule has 5 rings (SSSR count). The fraction of sp³-hybridized carbons (Fsp3) is 0.515. The van der Waals surface area contributed by atoms with Crippen molar-refractivity contribution in [2.75, 3.05) is 38.0 Å². The van der Waals surface area contributed by atoms with E-state index in [1.807, 2.05) is 26.0 Å². The van der Waals surface area contributed by atoms with Crippen molar-refractivity contribution in [2.45, 2.75) is 77.0 Å². The summed E-state index contributed by atoms with van der Waals surface area (Å²) in [6.07, 6.45) is 6.56. The van der Waals surface area contributed by atoms with Gasteiger partial charge in [-0.25, -0.2) is 0 Å². The molecule has 1 aromatic carbocycles. The molecule has 3 N–H and O–H groups in total. The highest BCUT2D eigenvalue weighted by Gasteiger charge is 2.27. The van der Waals surface area contributed by atoms with E-state index in [0.717, 1.165) is 56.1 Å². The van der Waals surface area contributed by atoms with Crippen molar-refractivity contribution in [3.05, 3.63) is 59.5 Å². The molecule has 0 saturated carbocycles. The molecule has 2 fully saturated rings. The van der Waals surface area contributed by atoms with Gasteiger partial charge in [0.1, 0.15) is 0 Å². The topological polar surface area (TPSA) is 86.1 Å². The molecule has 7 nitrogen and oxygen atoms in total. The number of hydrogen-bond acceptors (Lipinski definition) is 6. The number of nitrogens with zero attached hydrogens (tertiary/aromatic N) is 5. The number of fused-ring (bicyclic) bond motifs is 1. The molecule has 0 amide bonds. The van der Waals surface area contributed by atoms with Crippen molar-refractivity contribution in [3.8, 4) is 17.9 Å². The summed E-state index contributed by atoms with van der Waals surface area (Å²) in [4.78, 5) is 9.76. The fourth-order valence-electron chi connectivity index (χ4n) is 6.10. The molecule has 2 saturated heterocycles. The Labute approximate surface area is 239 Å². The lowest BCUT2D eigenvalue weighted by Gasteiger charge is -2.41. The van der Waals surface area contributed by atoms with E-state index >= 15 is 0 Å². The zero-order valence-corrected chi connectivity index (χ0v) is 24.3. The minimum absolute atomic E-state index is 0.399. The minimum atomic E-state index is -0.594. The minimum Gasteiger partial charge on any atom is -0.373 e. The van der Waals surface area contributed by atoms with E-state index in [-0.39, 0.29) is 0 Å². The maximum absolute atomic E-state index is 9.32. The predicted octanol–water partition coefficient (Wildman–Crippen LogP) is 4.71. The summed E-state index contributed by atoms with van der Waals surface area (Å²) in [6, 6.07) is 16.2. The van der Waals surface area contributed by atoms with Crippen molar-refractivity contribution >= 4 is 16.6 Å². The van der Waals surface area contributed by atoms with E-state index in [1.165, 1.54) is 42.4 Å². The third kappa shape index (κ3) is 6.34. The van der Waals surface area contributed by atoms with Crippen molar-refractivity contribution in [1.29, 1.82) is 5.26 Å². The van der Waals surface area contributed by atoms with Gasteiger partial charge < -0.3 is 20.5 Å². The van der Waals surface area contributed by atoms with Gasteiger partial charge in [0.25, 0.3) is 0 Å². The lowest BCUT2D eigenvalue weighted by molar-refractivity contribution is 0.0853. The van der Waals surface area contributed by atoms with Gasteiger partial charge in [-0.1, -0.05) is 18.1 Å². The van der Waals surface area contributed by atoms with Crippen LogP contribution in [0, 0.1) is 23.2 Å². The second-order valence-corrected chi connectivity index (χ2v) is 11.8. The number of hydrogen-bond donors (Lipinski definition) is 2. The Bertz CT molecular complexity index is 1390. The first-order valence-electron chi connectivity index (χ1n) is 14.8. The van der Waals surface area contributed by atoms with Crippen LogP contribution in [0.4, 0.5) is 5.69 Å². The summed E-state index contributed by atoms with van der Waals surface area (Å²) in [5, 5.41) is 14.0. The molecular formula is C33H43N7. The second kappa shape index (κ2) is 12.4. The standard InChI is InChI=1S/C33H43N7/c1-4-40-29(8-6-16-36-27-10-11-32(37-22-27)33(2,3)24-34)21-30-25(7-5-9-31(30)40)23-38-17-14-28(15-18-38)39-19-12-26(35)13-20-39/h5,7,9-11,21-22,26,28,36H,4,12-20,23,35H2,1-3H3. The largest absolute Gasteiger partial charge is 0.373 e. The number of likely N-dealkylation sites (tertiary alicyclic amines) is 2. The quantitative estimate of drug-likeness (QED) is 0.425. The van der Waals surface area contributed by atoms with Crippen molar-refractivity contribution in [3.63, 3.8) is 0 Å². The van der Waals surface area contributed by atoms with Gasteiger partial charge in [0.05, 0.1) is 41.3 Å². The lowest BCUT2D eigenvalue weighted by Crippen LogP contribution is -2.49. The average molecular weight is 538 g/mol. The number of nitriles is 1. The molecule has 4 heterocycles. The highest BCUT2D eigenvalue weighted by atomic mass is 15.2. The third-order valence-electron chi connectivity index (χ3n) is 8.67. The van der Waals surface area contributed by atoms with Gasteiger partial charge in [0.15, 0.2) is 0 Å². The number of aromatic nitrogens is 2. The molecular weight excluding hydrogens is 494 g/mol. The summed E-state index contributed by atoms with van der Waals surface area (Å²) in [5.41, 5.74) is 10.9. The van der Waals surface area contributed by atoms with Crippen LogP contribution in [0.15, 0.2) is 42.6 Å². The molecule has 2 aliphatic rings. The molecule has 0 radical (unpaired) electrons. The van der Waals surface area contributed by atoms with E-state index in [0.29, 0.717) is 18.6 Å². The smallest absolute Gasteiger partial charge is 0.0937 e. The SMILES string of the molecule is CCn1c(C#CCNc2ccc(C(C)(C)C#N)nc2)cc2c(CN3CCC(N4CCC(N)CC4)CC3)cccc21. The van der Waals surface area contributed by atoms with Crippen LogP contribution >= 0.6 is 0 Å². The fourth-order valence-corrected chi connectivity index (χ4v) is 6.10. The Balaban J connectivity index is 1.22. The Morgan fingerprint density at radius 3 is 2.52 bits per heavy atom. The number of nitrogens with one attached hydrogen (secondary N) is 1. The van der Waals surface area contributed by atoms with Crippen LogP contribution in [0.5, 0.6) is 0 Å². The molecule has 2 aliphatic heterocycles. The van der Waals surface area contributed by atoms with Crippen molar-refractivity contribution in [2.24, 2.45) is 5.73 Å². The Morgan fingerprint density at radius 2 is 1.85 bits per heavy atom. The van der Waals surface area contributed by atoms with Gasteiger partial charge in [-0.15, -0.1) is 0 Å². The summed E-state index contributed by atoms with van der Waals surface area (Å²) in [7, 11) is 0. The summed E-state index contributed by atoms with van der Waals surface area (Å²) >= 11 is 0. The van der Waals surface area contributed by atoms with Crippen LogP contribution in [0.25, 0.3) is 10.9 Å². The predicted molar refractivity (Wildman–Crippen MR) is 163 cm³/mol. The average Bonchev–Trinajstić information content (AvgIpc) is 3.35. The third-order valence-corrected chi connectivity index (χ3v) is 8.67. The number of aryl methyl sites for hydroxylation is 1. The highest BCUT2D eigenvalue weighted by molar-refractivity contribution is 5.86. The molecule has 0 unspecified atom stereocenters. The van der Waals surface area contributed by atoms with E-state index in [9.17, 15) is 5.26 Å². The first-order valence-corrected chi connectivity index (χ1v) is 14.8. The molecule has 7 heteroatoms. The number of piperidine rings is 2. The molecule has 0 bridgehead atoms. The van der Waals surface area contributed by atoms with Gasteiger partial charge in [-0.05, 0) is 108 Å². The number of pyridine rings is 1. The zero-order valence-electron chi connectivity index (χ0n) is 24.3. The van der Waals surface area contributed by atoms with Crippen molar-refractivity contribution in [1.82, 2.24) is 19.4 Å². The molecule has 40 heavy (non-hydrogen) atoms. The van der Waals surface area contributed by atoms with Gasteiger partial charge in [-0.3, -0.25) is 9.88 Å². The maximum Gasteiger partial charge on any atom is 0.0937 e. The summed E-state index contributed by atoms with van der Waals surface area (Å²) in [6.45, 7) is 13.0. The van der Waals surface area contributed by atoms with Crippen LogP contribution in [-0.2, 0) is 18.5 Å². The molecule has 0 atom stereocenters. The van der Waals surface area contributed by atoms with Crippen LogP contribution in [0.2, 0.25) is 0 Å². The van der Waals surface area contributed by atoms with Crippen LogP contribution in [0.1, 0.15) is 63.4 Å². The first kappa shape index (κ1) is 28.2. The highest BCUT2D eigenvalue weighted by Crippen LogP contribution is 2.27. The number of nitrogens with two attached hydrogens (primary N) is 1. The lowest BCUT2D eigenvalue weighted by atomic mass is 9.91. The number of rotatable bonds is 7. The van der Waals surface area contributed by atoms with E-state index in [2.05, 4.69) is 73.8 Å². The molecule has 0 spiro atoms. The Hall–Kier alpha value is -3.36. The normalized spacial score (nSPS) is 17.9. The van der Waals surface area contributed by atoms with Gasteiger partial charge in [0, 0.05) is 36.1 Å². The Kier molecular flexibility index (Phi) is 8.76. The van der Waals surface area contributed by atoms with E-state index in [4.69, 9.17) is 5.73 Å². The monoisotopic (exact) mass is 537 g/mol. The molecule has 210 valence electrons. The number of benzene rings is 1. The van der Waals surface area contributed by atoms with E-state index in [1.54, 1.807) is 6.20 Å². The van der Waals surface area contributed by atoms with Gasteiger partial charge in [0.2, 0.25) is 0 Å². The first-order chi connectivity index (χ1) is 19.4. The maximum atomic E-state index is 9.32. The Morgan fingerprint density at radius 1 is 1.07 bits per heavy atom. The van der Waals surface area contributed by atoms with Gasteiger partial charge >= 0.3 is 0 Å². The van der Waals surface area contributed by atoms with Crippen LogP contribution in [0.3, 0.4) is 0 Å². The summed E-state index contributed by atoms with van der Waals surface area (Å²) in [5.74, 6) is 6.70. The van der Waals surface area contributed by atoms with Crippen molar-refractivity contribution < 1.29 is 0 Å². The second-order valence-electron chi connectivity index (χ2n) is 11.8. The van der Waals surface area contributed by atoms with Crippen LogP contribution in [-0.4, -0.2) is 64.2 Å².